The lowest BCUT2D eigenvalue weighted by atomic mass is 10.2. The van der Waals surface area contributed by atoms with Gasteiger partial charge in [0, 0.05) is 11.6 Å². The molecule has 0 saturated carbocycles. The van der Waals surface area contributed by atoms with Crippen LogP contribution in [0.4, 0.5) is 5.95 Å². The van der Waals surface area contributed by atoms with E-state index in [4.69, 9.17) is 4.42 Å². The Morgan fingerprint density at radius 2 is 2.06 bits per heavy atom. The minimum Gasteiger partial charge on any atom is -0.467 e. The molecule has 0 spiro atoms. The van der Waals surface area contributed by atoms with Gasteiger partial charge in [-0.05, 0) is 25.1 Å². The summed E-state index contributed by atoms with van der Waals surface area (Å²) in [4.78, 5) is 8.75. The van der Waals surface area contributed by atoms with Crippen LogP contribution in [0.1, 0.15) is 18.7 Å². The summed E-state index contributed by atoms with van der Waals surface area (Å²) in [6, 6.07) is 11.8. The molecule has 3 rings (SSSR count). The van der Waals surface area contributed by atoms with Crippen LogP contribution in [0.15, 0.2) is 53.3 Å². The third kappa shape index (κ3) is 2.05. The molecule has 3 aromatic rings. The van der Waals surface area contributed by atoms with Gasteiger partial charge in [0.1, 0.15) is 5.76 Å². The zero-order valence-corrected chi connectivity index (χ0v) is 10.00. The highest BCUT2D eigenvalue weighted by Crippen LogP contribution is 2.18. The summed E-state index contributed by atoms with van der Waals surface area (Å²) >= 11 is 0. The number of nitrogens with one attached hydrogen (secondary N) is 1. The van der Waals surface area contributed by atoms with Crippen LogP contribution < -0.4 is 5.32 Å². The van der Waals surface area contributed by atoms with Crippen molar-refractivity contribution in [2.75, 3.05) is 5.32 Å². The molecule has 2 heterocycles. The number of benzene rings is 1. The van der Waals surface area contributed by atoms with Crippen molar-refractivity contribution in [3.05, 3.63) is 54.6 Å². The van der Waals surface area contributed by atoms with Crippen LogP contribution in [0.25, 0.3) is 10.9 Å². The molecule has 4 nitrogen and oxygen atoms in total. The minimum atomic E-state index is 0.0427. The maximum Gasteiger partial charge on any atom is 0.223 e. The Labute approximate surface area is 105 Å². The monoisotopic (exact) mass is 239 g/mol. The molecule has 0 aliphatic carbocycles. The lowest BCUT2D eigenvalue weighted by molar-refractivity contribution is 0.489. The molecule has 0 aliphatic rings. The van der Waals surface area contributed by atoms with Gasteiger partial charge in [-0.3, -0.25) is 0 Å². The van der Waals surface area contributed by atoms with Crippen LogP contribution in [0, 0.1) is 0 Å². The molecular formula is C14H13N3O. The number of hydrogen-bond acceptors (Lipinski definition) is 4. The first kappa shape index (κ1) is 10.8. The molecule has 0 radical (unpaired) electrons. The van der Waals surface area contributed by atoms with Gasteiger partial charge in [-0.15, -0.1) is 0 Å². The average Bonchev–Trinajstić information content (AvgIpc) is 2.92. The van der Waals surface area contributed by atoms with Crippen molar-refractivity contribution < 1.29 is 4.42 Å². The normalized spacial score (nSPS) is 12.5. The van der Waals surface area contributed by atoms with Gasteiger partial charge < -0.3 is 9.73 Å². The van der Waals surface area contributed by atoms with E-state index >= 15 is 0 Å². The van der Waals surface area contributed by atoms with E-state index in [-0.39, 0.29) is 6.04 Å². The van der Waals surface area contributed by atoms with E-state index in [1.807, 2.05) is 49.5 Å². The molecule has 4 heteroatoms. The van der Waals surface area contributed by atoms with Crippen molar-refractivity contribution in [1.29, 1.82) is 0 Å². The first-order valence-electron chi connectivity index (χ1n) is 5.84. The molecule has 0 bridgehead atoms. The van der Waals surface area contributed by atoms with Gasteiger partial charge >= 0.3 is 0 Å². The Balaban J connectivity index is 1.86. The predicted octanol–water partition coefficient (Wildman–Crippen LogP) is 3.40. The molecule has 0 aliphatic heterocycles. The van der Waals surface area contributed by atoms with Crippen LogP contribution in [0.5, 0.6) is 0 Å². The standard InChI is InChI=1S/C14H13N3O/c1-10(13-7-4-8-18-13)16-14-15-9-11-5-2-3-6-12(11)17-14/h2-10H,1H3,(H,15,16,17). The fourth-order valence-corrected chi connectivity index (χ4v) is 1.84. The molecular weight excluding hydrogens is 226 g/mol. The third-order valence-corrected chi connectivity index (χ3v) is 2.80. The Kier molecular flexibility index (Phi) is 2.68. The van der Waals surface area contributed by atoms with Gasteiger partial charge in [-0.2, -0.15) is 0 Å². The van der Waals surface area contributed by atoms with Crippen molar-refractivity contribution in [1.82, 2.24) is 9.97 Å². The number of para-hydroxylation sites is 1. The lowest BCUT2D eigenvalue weighted by Gasteiger charge is -2.11. The predicted molar refractivity (Wildman–Crippen MR) is 70.3 cm³/mol. The second-order valence-electron chi connectivity index (χ2n) is 4.13. The SMILES string of the molecule is CC(Nc1ncc2ccccc2n1)c1ccco1. The van der Waals surface area contributed by atoms with Gasteiger partial charge in [-0.1, -0.05) is 18.2 Å². The van der Waals surface area contributed by atoms with Crippen LogP contribution in [0.2, 0.25) is 0 Å². The van der Waals surface area contributed by atoms with Gasteiger partial charge in [0.15, 0.2) is 0 Å². The van der Waals surface area contributed by atoms with E-state index in [2.05, 4.69) is 15.3 Å². The van der Waals surface area contributed by atoms with Crippen molar-refractivity contribution in [2.45, 2.75) is 13.0 Å². The number of aromatic nitrogens is 2. The summed E-state index contributed by atoms with van der Waals surface area (Å²) in [6.45, 7) is 2.01. The molecule has 0 amide bonds. The van der Waals surface area contributed by atoms with E-state index in [0.717, 1.165) is 16.7 Å². The van der Waals surface area contributed by atoms with Crippen LogP contribution in [-0.4, -0.2) is 9.97 Å². The summed E-state index contributed by atoms with van der Waals surface area (Å²) in [7, 11) is 0. The van der Waals surface area contributed by atoms with Gasteiger partial charge in [-0.25, -0.2) is 9.97 Å². The molecule has 2 aromatic heterocycles. The van der Waals surface area contributed by atoms with E-state index in [1.165, 1.54) is 0 Å². The Morgan fingerprint density at radius 1 is 1.17 bits per heavy atom. The zero-order chi connectivity index (χ0) is 12.4. The summed E-state index contributed by atoms with van der Waals surface area (Å²) in [6.07, 6.45) is 3.48. The van der Waals surface area contributed by atoms with Crippen molar-refractivity contribution in [3.8, 4) is 0 Å². The number of hydrogen-bond donors (Lipinski definition) is 1. The number of rotatable bonds is 3. The summed E-state index contributed by atoms with van der Waals surface area (Å²) in [5.41, 5.74) is 0.932. The Morgan fingerprint density at radius 3 is 2.89 bits per heavy atom. The summed E-state index contributed by atoms with van der Waals surface area (Å²) < 4.78 is 5.34. The minimum absolute atomic E-state index is 0.0427. The largest absolute Gasteiger partial charge is 0.467 e. The maximum atomic E-state index is 5.34. The van der Waals surface area contributed by atoms with E-state index in [1.54, 1.807) is 6.26 Å². The van der Waals surface area contributed by atoms with Gasteiger partial charge in [0.2, 0.25) is 5.95 Å². The average molecular weight is 239 g/mol. The Bertz CT molecular complexity index is 649. The highest BCUT2D eigenvalue weighted by atomic mass is 16.3. The van der Waals surface area contributed by atoms with Crippen molar-refractivity contribution >= 4 is 16.9 Å². The van der Waals surface area contributed by atoms with E-state index < -0.39 is 0 Å². The second-order valence-corrected chi connectivity index (χ2v) is 4.13. The third-order valence-electron chi connectivity index (χ3n) is 2.80. The van der Waals surface area contributed by atoms with E-state index in [9.17, 15) is 0 Å². The van der Waals surface area contributed by atoms with Gasteiger partial charge in [0.25, 0.3) is 0 Å². The lowest BCUT2D eigenvalue weighted by Crippen LogP contribution is -2.08. The zero-order valence-electron chi connectivity index (χ0n) is 10.00. The molecule has 1 N–H and O–H groups in total. The second kappa shape index (κ2) is 4.49. The van der Waals surface area contributed by atoms with Crippen molar-refractivity contribution in [2.24, 2.45) is 0 Å². The number of anilines is 1. The maximum absolute atomic E-state index is 5.34. The molecule has 0 fully saturated rings. The molecule has 1 atom stereocenters. The number of fused-ring (bicyclic) bond motifs is 1. The highest BCUT2D eigenvalue weighted by molar-refractivity contribution is 5.78. The first-order valence-corrected chi connectivity index (χ1v) is 5.84. The van der Waals surface area contributed by atoms with Crippen LogP contribution in [0.3, 0.4) is 0 Å². The fourth-order valence-electron chi connectivity index (χ4n) is 1.84. The number of nitrogens with zero attached hydrogens (tertiary/aromatic N) is 2. The van der Waals surface area contributed by atoms with Crippen molar-refractivity contribution in [3.63, 3.8) is 0 Å². The number of furan rings is 1. The fraction of sp³-hybridized carbons (Fsp3) is 0.143. The highest BCUT2D eigenvalue weighted by Gasteiger charge is 2.09. The first-order chi connectivity index (χ1) is 8.83. The van der Waals surface area contributed by atoms with Crippen LogP contribution >= 0.6 is 0 Å². The topological polar surface area (TPSA) is 51.0 Å². The molecule has 1 unspecified atom stereocenters. The Hall–Kier alpha value is -2.36. The quantitative estimate of drug-likeness (QED) is 0.761. The van der Waals surface area contributed by atoms with Gasteiger partial charge in [0.05, 0.1) is 17.8 Å². The smallest absolute Gasteiger partial charge is 0.223 e. The molecule has 1 aromatic carbocycles. The molecule has 18 heavy (non-hydrogen) atoms. The van der Waals surface area contributed by atoms with Crippen LogP contribution in [-0.2, 0) is 0 Å². The molecule has 90 valence electrons. The summed E-state index contributed by atoms with van der Waals surface area (Å²) in [5.74, 6) is 1.48. The van der Waals surface area contributed by atoms with E-state index in [0.29, 0.717) is 5.95 Å². The summed E-state index contributed by atoms with van der Waals surface area (Å²) in [5, 5.41) is 4.26. The molecule has 0 saturated heterocycles.